The molecule has 1 fully saturated rings. The van der Waals surface area contributed by atoms with Crippen molar-refractivity contribution >= 4 is 12.0 Å². The summed E-state index contributed by atoms with van der Waals surface area (Å²) in [5, 5.41) is 0. The highest BCUT2D eigenvalue weighted by Gasteiger charge is 2.52. The third-order valence-corrected chi connectivity index (χ3v) is 5.47. The minimum atomic E-state index is -0.633. The molecule has 5 heteroatoms. The fourth-order valence-corrected chi connectivity index (χ4v) is 4.24. The number of likely N-dealkylation sites (N-methyl/N-ethyl adjacent to an activating group) is 1. The van der Waals surface area contributed by atoms with Crippen molar-refractivity contribution in [3.63, 3.8) is 0 Å². The number of rotatable bonds is 3. The van der Waals surface area contributed by atoms with Gasteiger partial charge in [0.05, 0.1) is 0 Å². The normalized spacial score (nSPS) is 19.6. The molecule has 1 aliphatic heterocycles. The van der Waals surface area contributed by atoms with Crippen molar-refractivity contribution in [2.24, 2.45) is 5.41 Å². The molecule has 2 amide bonds. The van der Waals surface area contributed by atoms with E-state index >= 15 is 0 Å². The van der Waals surface area contributed by atoms with E-state index in [1.54, 1.807) is 16.8 Å². The number of hydrogen-bond acceptors (Lipinski definition) is 3. The molecule has 0 bridgehead atoms. The van der Waals surface area contributed by atoms with Crippen LogP contribution in [0.25, 0.3) is 11.1 Å². The molecule has 2 atom stereocenters. The first kappa shape index (κ1) is 22.9. The Kier molecular flexibility index (Phi) is 6.17. The molecule has 0 N–H and O–H groups in total. The first-order valence-corrected chi connectivity index (χ1v) is 10.8. The van der Waals surface area contributed by atoms with E-state index in [-0.39, 0.29) is 17.5 Å². The number of carbonyl (C=O) groups is 2. The Bertz CT molecular complexity index is 924. The summed E-state index contributed by atoms with van der Waals surface area (Å²) in [6, 6.07) is 17.8. The van der Waals surface area contributed by atoms with Crippen LogP contribution in [0, 0.1) is 5.41 Å². The quantitative estimate of drug-likeness (QED) is 0.670. The molecule has 3 rings (SSSR count). The molecule has 2 aromatic carbocycles. The van der Waals surface area contributed by atoms with E-state index in [1.807, 2.05) is 71.9 Å². The molecular weight excluding hydrogens is 388 g/mol. The van der Waals surface area contributed by atoms with Crippen molar-refractivity contribution in [2.45, 2.75) is 65.8 Å². The Morgan fingerprint density at radius 2 is 1.45 bits per heavy atom. The van der Waals surface area contributed by atoms with Crippen molar-refractivity contribution in [2.75, 3.05) is 7.05 Å². The minimum absolute atomic E-state index is 0.0575. The maximum atomic E-state index is 13.2. The van der Waals surface area contributed by atoms with Crippen molar-refractivity contribution in [3.05, 3.63) is 60.2 Å². The van der Waals surface area contributed by atoms with Crippen LogP contribution < -0.4 is 0 Å². The predicted molar refractivity (Wildman–Crippen MR) is 123 cm³/mol. The maximum absolute atomic E-state index is 13.2. The average molecular weight is 423 g/mol. The van der Waals surface area contributed by atoms with Crippen LogP contribution in [0.4, 0.5) is 4.79 Å². The predicted octanol–water partition coefficient (Wildman–Crippen LogP) is 5.35. The highest BCUT2D eigenvalue weighted by atomic mass is 16.6. The van der Waals surface area contributed by atoms with Gasteiger partial charge in [0.1, 0.15) is 17.8 Å². The SMILES string of the molecule is CN1C(=O)[C@H](Cc2ccc(-c3ccccc3)cc2)N(C(=O)OC(C)(C)C)[C@H]1C(C)(C)C. The lowest BCUT2D eigenvalue weighted by atomic mass is 9.91. The van der Waals surface area contributed by atoms with Gasteiger partial charge in [0.25, 0.3) is 0 Å². The standard InChI is InChI=1S/C26H34N2O3/c1-25(2,3)23-27(7)22(29)21(28(23)24(30)31-26(4,5)6)17-18-13-15-20(16-14-18)19-11-9-8-10-12-19/h8-16,21,23H,17H2,1-7H3/t21-,23-/m0/s1. The monoisotopic (exact) mass is 422 g/mol. The van der Waals surface area contributed by atoms with Gasteiger partial charge in [-0.05, 0) is 37.5 Å². The van der Waals surface area contributed by atoms with Crippen molar-refractivity contribution in [1.29, 1.82) is 0 Å². The molecule has 1 aliphatic rings. The first-order chi connectivity index (χ1) is 14.4. The molecule has 0 saturated carbocycles. The van der Waals surface area contributed by atoms with E-state index in [4.69, 9.17) is 4.74 Å². The number of hydrogen-bond donors (Lipinski definition) is 0. The smallest absolute Gasteiger partial charge is 0.412 e. The van der Waals surface area contributed by atoms with E-state index in [0.29, 0.717) is 6.42 Å². The van der Waals surface area contributed by atoms with E-state index in [2.05, 4.69) is 24.3 Å². The lowest BCUT2D eigenvalue weighted by molar-refractivity contribution is -0.129. The topological polar surface area (TPSA) is 49.9 Å². The van der Waals surface area contributed by atoms with Crippen molar-refractivity contribution in [3.8, 4) is 11.1 Å². The molecule has 5 nitrogen and oxygen atoms in total. The third-order valence-electron chi connectivity index (χ3n) is 5.47. The van der Waals surface area contributed by atoms with Gasteiger partial charge in [0.2, 0.25) is 5.91 Å². The summed E-state index contributed by atoms with van der Waals surface area (Å²) >= 11 is 0. The van der Waals surface area contributed by atoms with Gasteiger partial charge < -0.3 is 9.64 Å². The van der Waals surface area contributed by atoms with Gasteiger partial charge in [0.15, 0.2) is 0 Å². The Balaban J connectivity index is 1.89. The Morgan fingerprint density at radius 1 is 0.903 bits per heavy atom. The molecule has 1 saturated heterocycles. The molecular formula is C26H34N2O3. The summed E-state index contributed by atoms with van der Waals surface area (Å²) in [4.78, 5) is 29.7. The second-order valence-electron chi connectivity index (χ2n) is 10.4. The minimum Gasteiger partial charge on any atom is -0.444 e. The van der Waals surface area contributed by atoms with Crippen LogP contribution in [0.1, 0.15) is 47.1 Å². The highest BCUT2D eigenvalue weighted by Crippen LogP contribution is 2.36. The van der Waals surface area contributed by atoms with Gasteiger partial charge in [-0.15, -0.1) is 0 Å². The Morgan fingerprint density at radius 3 is 1.97 bits per heavy atom. The number of nitrogens with zero attached hydrogens (tertiary/aromatic N) is 2. The summed E-state index contributed by atoms with van der Waals surface area (Å²) < 4.78 is 5.70. The Hall–Kier alpha value is -2.82. The molecule has 0 spiro atoms. The van der Waals surface area contributed by atoms with Crippen molar-refractivity contribution in [1.82, 2.24) is 9.80 Å². The van der Waals surface area contributed by atoms with Crippen LogP contribution in [0.2, 0.25) is 0 Å². The van der Waals surface area contributed by atoms with Gasteiger partial charge in [-0.2, -0.15) is 0 Å². The zero-order chi connectivity index (χ0) is 23.0. The summed E-state index contributed by atoms with van der Waals surface area (Å²) in [5.74, 6) is -0.0575. The Labute approximate surface area is 186 Å². The summed E-state index contributed by atoms with van der Waals surface area (Å²) in [7, 11) is 1.77. The molecule has 0 aromatic heterocycles. The fraction of sp³-hybridized carbons (Fsp3) is 0.462. The van der Waals surface area contributed by atoms with E-state index < -0.39 is 17.7 Å². The number of carbonyl (C=O) groups excluding carboxylic acids is 2. The number of benzene rings is 2. The number of amides is 2. The zero-order valence-electron chi connectivity index (χ0n) is 19.7. The van der Waals surface area contributed by atoms with Gasteiger partial charge >= 0.3 is 6.09 Å². The van der Waals surface area contributed by atoms with E-state index in [1.165, 1.54) is 0 Å². The molecule has 31 heavy (non-hydrogen) atoms. The third kappa shape index (κ3) is 5.09. The highest BCUT2D eigenvalue weighted by molar-refractivity contribution is 5.89. The first-order valence-electron chi connectivity index (χ1n) is 10.8. The molecule has 0 aliphatic carbocycles. The maximum Gasteiger partial charge on any atom is 0.412 e. The van der Waals surface area contributed by atoms with Crippen LogP contribution in [0.15, 0.2) is 54.6 Å². The van der Waals surface area contributed by atoms with Crippen LogP contribution in [0.5, 0.6) is 0 Å². The van der Waals surface area contributed by atoms with Crippen molar-refractivity contribution < 1.29 is 14.3 Å². The molecule has 0 unspecified atom stereocenters. The van der Waals surface area contributed by atoms with Crippen LogP contribution >= 0.6 is 0 Å². The summed E-state index contributed by atoms with van der Waals surface area (Å²) in [6.45, 7) is 11.6. The van der Waals surface area contributed by atoms with Gasteiger partial charge in [-0.1, -0.05) is 75.4 Å². The largest absolute Gasteiger partial charge is 0.444 e. The van der Waals surface area contributed by atoms with Crippen LogP contribution in [-0.4, -0.2) is 46.7 Å². The summed E-state index contributed by atoms with van der Waals surface area (Å²) in [6.07, 6.45) is -0.371. The second kappa shape index (κ2) is 8.37. The van der Waals surface area contributed by atoms with E-state index in [9.17, 15) is 9.59 Å². The van der Waals surface area contributed by atoms with Gasteiger partial charge in [-0.25, -0.2) is 4.79 Å². The van der Waals surface area contributed by atoms with E-state index in [0.717, 1.165) is 16.7 Å². The van der Waals surface area contributed by atoms with Gasteiger partial charge in [-0.3, -0.25) is 9.69 Å². The molecule has 1 heterocycles. The zero-order valence-corrected chi connectivity index (χ0v) is 19.7. The van der Waals surface area contributed by atoms with Crippen LogP contribution in [-0.2, 0) is 16.0 Å². The lowest BCUT2D eigenvalue weighted by Crippen LogP contribution is -2.52. The summed E-state index contributed by atoms with van der Waals surface area (Å²) in [5.41, 5.74) is 2.33. The fourth-order valence-electron chi connectivity index (χ4n) is 4.24. The lowest BCUT2D eigenvalue weighted by Gasteiger charge is -2.39. The molecule has 166 valence electrons. The number of ether oxygens (including phenoxy) is 1. The molecule has 0 radical (unpaired) electrons. The van der Waals surface area contributed by atoms with Crippen LogP contribution in [0.3, 0.4) is 0 Å². The van der Waals surface area contributed by atoms with Gasteiger partial charge in [0, 0.05) is 18.9 Å². The average Bonchev–Trinajstić information content (AvgIpc) is 2.93. The second-order valence-corrected chi connectivity index (χ2v) is 10.4. The molecule has 2 aromatic rings.